The van der Waals surface area contributed by atoms with E-state index >= 15 is 0 Å². The minimum absolute atomic E-state index is 0.285. The van der Waals surface area contributed by atoms with E-state index < -0.39 is 0 Å². The van der Waals surface area contributed by atoms with Crippen molar-refractivity contribution in [3.05, 3.63) is 0 Å². The minimum atomic E-state index is -0.285. The van der Waals surface area contributed by atoms with E-state index in [4.69, 9.17) is 10.8 Å². The zero-order valence-electron chi connectivity index (χ0n) is 11.4. The maximum absolute atomic E-state index is 8.98. The fraction of sp³-hybridized carbons (Fsp3) is 1.00. The molecule has 3 N–H and O–H groups in total. The summed E-state index contributed by atoms with van der Waals surface area (Å²) < 4.78 is 0. The molecule has 16 heavy (non-hydrogen) atoms. The average Bonchev–Trinajstić information content (AvgIpc) is 2.27. The van der Waals surface area contributed by atoms with Gasteiger partial charge in [0.25, 0.3) is 0 Å². The summed E-state index contributed by atoms with van der Waals surface area (Å²) in [7, 11) is 0. The Hall–Kier alpha value is -0.0800. The smallest absolute Gasteiger partial charge is 0.0662 e. The molecule has 0 amide bonds. The quantitative estimate of drug-likeness (QED) is 0.776. The lowest BCUT2D eigenvalue weighted by Gasteiger charge is -2.15. The van der Waals surface area contributed by atoms with Crippen molar-refractivity contribution in [3.63, 3.8) is 0 Å². The summed E-state index contributed by atoms with van der Waals surface area (Å²) in [5, 5.41) is 8.98. The van der Waals surface area contributed by atoms with Gasteiger partial charge in [-0.1, -0.05) is 52.9 Å². The molecule has 0 radical (unpaired) electrons. The fourth-order valence-electron chi connectivity index (χ4n) is 1.95. The molecule has 1 atom stereocenters. The van der Waals surface area contributed by atoms with E-state index in [-0.39, 0.29) is 6.10 Å². The molecule has 0 spiro atoms. The monoisotopic (exact) mass is 229 g/mol. The lowest BCUT2D eigenvalue weighted by molar-refractivity contribution is 0.164. The third kappa shape index (κ3) is 10.4. The van der Waals surface area contributed by atoms with Gasteiger partial charge in [0.2, 0.25) is 0 Å². The van der Waals surface area contributed by atoms with Gasteiger partial charge in [-0.3, -0.25) is 0 Å². The maximum atomic E-state index is 8.98. The first kappa shape index (κ1) is 15.9. The molecule has 1 aliphatic carbocycles. The Balaban J connectivity index is 0.000000288. The standard InChI is InChI=1S/C7H17NO.C7H14/c1-6(2)3-4-7(9)5-8;1-7-5-3-2-4-6-7/h6-7,9H,3-5,8H2,1-2H3;7H,2-6H2,1H3. The molecule has 1 unspecified atom stereocenters. The van der Waals surface area contributed by atoms with E-state index in [0.29, 0.717) is 12.5 Å². The Bertz CT molecular complexity index is 142. The van der Waals surface area contributed by atoms with Gasteiger partial charge in [-0.2, -0.15) is 0 Å². The molecule has 1 saturated carbocycles. The zero-order valence-corrected chi connectivity index (χ0v) is 11.4. The van der Waals surface area contributed by atoms with Gasteiger partial charge in [0, 0.05) is 6.54 Å². The number of hydrogen-bond acceptors (Lipinski definition) is 2. The molecule has 0 aromatic heterocycles. The zero-order chi connectivity index (χ0) is 12.4. The van der Waals surface area contributed by atoms with Gasteiger partial charge in [0.05, 0.1) is 6.10 Å². The molecule has 2 nitrogen and oxygen atoms in total. The van der Waals surface area contributed by atoms with Crippen molar-refractivity contribution >= 4 is 0 Å². The third-order valence-corrected chi connectivity index (χ3v) is 3.24. The lowest BCUT2D eigenvalue weighted by Crippen LogP contribution is -2.19. The molecule has 0 aliphatic heterocycles. The normalized spacial score (nSPS) is 19.1. The Kier molecular flexibility index (Phi) is 10.0. The van der Waals surface area contributed by atoms with Crippen molar-refractivity contribution in [1.82, 2.24) is 0 Å². The second kappa shape index (κ2) is 10.1. The Morgan fingerprint density at radius 2 is 1.69 bits per heavy atom. The van der Waals surface area contributed by atoms with E-state index in [2.05, 4.69) is 20.8 Å². The molecular formula is C14H31NO. The van der Waals surface area contributed by atoms with Gasteiger partial charge in [-0.05, 0) is 24.7 Å². The summed E-state index contributed by atoms with van der Waals surface area (Å²) in [6, 6.07) is 0. The highest BCUT2D eigenvalue weighted by molar-refractivity contribution is 4.59. The second-order valence-electron chi connectivity index (χ2n) is 5.60. The molecule has 98 valence electrons. The first-order chi connectivity index (χ1) is 7.56. The lowest BCUT2D eigenvalue weighted by atomic mass is 9.91. The molecule has 0 saturated heterocycles. The van der Waals surface area contributed by atoms with Crippen LogP contribution in [0.25, 0.3) is 0 Å². The SMILES string of the molecule is CC(C)CCC(O)CN.CC1CCCCC1. The molecular weight excluding hydrogens is 198 g/mol. The van der Waals surface area contributed by atoms with Crippen LogP contribution in [0.4, 0.5) is 0 Å². The number of nitrogens with two attached hydrogens (primary N) is 1. The van der Waals surface area contributed by atoms with Crippen molar-refractivity contribution in [2.45, 2.75) is 71.8 Å². The third-order valence-electron chi connectivity index (χ3n) is 3.24. The Morgan fingerprint density at radius 1 is 1.12 bits per heavy atom. The van der Waals surface area contributed by atoms with Crippen LogP contribution in [0.15, 0.2) is 0 Å². The molecule has 2 heteroatoms. The van der Waals surface area contributed by atoms with E-state index in [1.807, 2.05) is 0 Å². The summed E-state index contributed by atoms with van der Waals surface area (Å²) in [6.07, 6.45) is 9.06. The average molecular weight is 229 g/mol. The highest BCUT2D eigenvalue weighted by Gasteiger charge is 2.06. The highest BCUT2D eigenvalue weighted by atomic mass is 16.3. The first-order valence-electron chi connectivity index (χ1n) is 6.94. The topological polar surface area (TPSA) is 46.2 Å². The maximum Gasteiger partial charge on any atom is 0.0662 e. The molecule has 0 bridgehead atoms. The van der Waals surface area contributed by atoms with Crippen LogP contribution < -0.4 is 5.73 Å². The van der Waals surface area contributed by atoms with Crippen molar-refractivity contribution in [3.8, 4) is 0 Å². The van der Waals surface area contributed by atoms with Gasteiger partial charge in [0.15, 0.2) is 0 Å². The van der Waals surface area contributed by atoms with E-state index in [9.17, 15) is 0 Å². The van der Waals surface area contributed by atoms with Gasteiger partial charge in [0.1, 0.15) is 0 Å². The Labute approximate surface area is 102 Å². The van der Waals surface area contributed by atoms with Crippen LogP contribution in [0, 0.1) is 11.8 Å². The van der Waals surface area contributed by atoms with Gasteiger partial charge in [-0.15, -0.1) is 0 Å². The molecule has 0 heterocycles. The number of aliphatic hydroxyl groups excluding tert-OH is 1. The van der Waals surface area contributed by atoms with E-state index in [1.165, 1.54) is 32.1 Å². The predicted octanol–water partition coefficient (Wildman–Crippen LogP) is 3.33. The second-order valence-corrected chi connectivity index (χ2v) is 5.60. The molecule has 1 fully saturated rings. The van der Waals surface area contributed by atoms with E-state index in [1.54, 1.807) is 0 Å². The molecule has 1 rings (SSSR count). The first-order valence-corrected chi connectivity index (χ1v) is 6.94. The van der Waals surface area contributed by atoms with Crippen LogP contribution in [0.3, 0.4) is 0 Å². The highest BCUT2D eigenvalue weighted by Crippen LogP contribution is 2.22. The summed E-state index contributed by atoms with van der Waals surface area (Å²) in [6.45, 7) is 7.04. The summed E-state index contributed by atoms with van der Waals surface area (Å²) in [5.41, 5.74) is 5.21. The van der Waals surface area contributed by atoms with Crippen LogP contribution in [-0.4, -0.2) is 17.8 Å². The van der Waals surface area contributed by atoms with E-state index in [0.717, 1.165) is 18.8 Å². The van der Waals surface area contributed by atoms with Crippen LogP contribution in [-0.2, 0) is 0 Å². The molecule has 1 aliphatic rings. The number of aliphatic hydroxyl groups is 1. The van der Waals surface area contributed by atoms with Crippen LogP contribution in [0.1, 0.15) is 65.7 Å². The summed E-state index contributed by atoms with van der Waals surface area (Å²) >= 11 is 0. The fourth-order valence-corrected chi connectivity index (χ4v) is 1.95. The van der Waals surface area contributed by atoms with Gasteiger partial charge in [-0.25, -0.2) is 0 Å². The largest absolute Gasteiger partial charge is 0.392 e. The van der Waals surface area contributed by atoms with Crippen molar-refractivity contribution in [1.29, 1.82) is 0 Å². The van der Waals surface area contributed by atoms with Gasteiger partial charge < -0.3 is 10.8 Å². The number of hydrogen-bond donors (Lipinski definition) is 2. The van der Waals surface area contributed by atoms with Crippen LogP contribution in [0.5, 0.6) is 0 Å². The summed E-state index contributed by atoms with van der Waals surface area (Å²) in [4.78, 5) is 0. The minimum Gasteiger partial charge on any atom is -0.392 e. The molecule has 0 aromatic carbocycles. The van der Waals surface area contributed by atoms with Crippen LogP contribution >= 0.6 is 0 Å². The summed E-state index contributed by atoms with van der Waals surface area (Å²) in [5.74, 6) is 1.71. The Morgan fingerprint density at radius 3 is 2.00 bits per heavy atom. The number of rotatable bonds is 4. The van der Waals surface area contributed by atoms with Crippen molar-refractivity contribution in [2.75, 3.05) is 6.54 Å². The van der Waals surface area contributed by atoms with Gasteiger partial charge >= 0.3 is 0 Å². The molecule has 0 aromatic rings. The predicted molar refractivity (Wildman–Crippen MR) is 71.4 cm³/mol. The van der Waals surface area contributed by atoms with Crippen molar-refractivity contribution < 1.29 is 5.11 Å². The van der Waals surface area contributed by atoms with Crippen LogP contribution in [0.2, 0.25) is 0 Å². The van der Waals surface area contributed by atoms with Crippen molar-refractivity contribution in [2.24, 2.45) is 17.6 Å².